The van der Waals surface area contributed by atoms with Crippen LogP contribution < -0.4 is 0 Å². The van der Waals surface area contributed by atoms with E-state index in [1.165, 1.54) is 6.92 Å². The zero-order valence-corrected chi connectivity index (χ0v) is 17.0. The van der Waals surface area contributed by atoms with Crippen molar-refractivity contribution in [2.75, 3.05) is 6.61 Å². The van der Waals surface area contributed by atoms with E-state index in [1.54, 1.807) is 0 Å². The first kappa shape index (κ1) is 19.6. The molecule has 29 heavy (non-hydrogen) atoms. The number of nitrogens with zero attached hydrogens (tertiary/aromatic N) is 2. The van der Waals surface area contributed by atoms with Crippen LogP contribution in [-0.2, 0) is 19.1 Å². The fraction of sp³-hybridized carbons (Fsp3) is 0.545. The van der Waals surface area contributed by atoms with Crippen molar-refractivity contribution in [1.29, 1.82) is 0 Å². The van der Waals surface area contributed by atoms with Crippen molar-refractivity contribution in [2.45, 2.75) is 58.5 Å². The van der Waals surface area contributed by atoms with Gasteiger partial charge in [0.25, 0.3) is 0 Å². The molecule has 7 nitrogen and oxygen atoms in total. The molecule has 2 amide bonds. The summed E-state index contributed by atoms with van der Waals surface area (Å²) in [5, 5.41) is 0. The van der Waals surface area contributed by atoms with Crippen LogP contribution in [0.1, 0.15) is 60.4 Å². The summed E-state index contributed by atoms with van der Waals surface area (Å²) < 4.78 is 7.36. The minimum atomic E-state index is -1.03. The van der Waals surface area contributed by atoms with Gasteiger partial charge in [0.1, 0.15) is 6.04 Å². The van der Waals surface area contributed by atoms with Crippen LogP contribution >= 0.6 is 0 Å². The van der Waals surface area contributed by atoms with Gasteiger partial charge >= 0.3 is 5.97 Å². The predicted molar refractivity (Wildman–Crippen MR) is 104 cm³/mol. The van der Waals surface area contributed by atoms with E-state index in [-0.39, 0.29) is 17.6 Å². The van der Waals surface area contributed by atoms with Crippen LogP contribution in [0, 0.1) is 25.7 Å². The number of ketones is 1. The third-order valence-corrected chi connectivity index (χ3v) is 6.31. The Kier molecular flexibility index (Phi) is 4.92. The molecule has 1 saturated carbocycles. The Bertz CT molecular complexity index is 898. The molecule has 1 saturated heterocycles. The van der Waals surface area contributed by atoms with Gasteiger partial charge in [0.15, 0.2) is 6.61 Å². The van der Waals surface area contributed by atoms with Gasteiger partial charge < -0.3 is 9.30 Å². The number of hydrogen-bond donors (Lipinski definition) is 0. The number of allylic oxidation sites excluding steroid dienone is 2. The number of esters is 1. The number of imide groups is 1. The summed E-state index contributed by atoms with van der Waals surface area (Å²) in [6, 6.07) is 1.26. The summed E-state index contributed by atoms with van der Waals surface area (Å²) >= 11 is 0. The van der Waals surface area contributed by atoms with Crippen molar-refractivity contribution in [3.05, 3.63) is 35.2 Å². The number of likely N-dealkylation sites (tertiary alicyclic amines) is 1. The number of hydrogen-bond acceptors (Lipinski definition) is 5. The first-order valence-electron chi connectivity index (χ1n) is 10.2. The maximum absolute atomic E-state index is 12.6. The van der Waals surface area contributed by atoms with Crippen molar-refractivity contribution in [3.63, 3.8) is 0 Å². The molecule has 4 rings (SSSR count). The highest BCUT2D eigenvalue weighted by Gasteiger charge is 2.50. The van der Waals surface area contributed by atoms with E-state index < -0.39 is 30.5 Å². The van der Waals surface area contributed by atoms with Crippen molar-refractivity contribution < 1.29 is 23.9 Å². The Labute approximate surface area is 169 Å². The zero-order valence-electron chi connectivity index (χ0n) is 17.0. The van der Waals surface area contributed by atoms with Gasteiger partial charge in [-0.15, -0.1) is 0 Å². The molecule has 2 fully saturated rings. The monoisotopic (exact) mass is 398 g/mol. The van der Waals surface area contributed by atoms with E-state index >= 15 is 0 Å². The minimum Gasteiger partial charge on any atom is -0.456 e. The Morgan fingerprint density at radius 2 is 1.69 bits per heavy atom. The summed E-state index contributed by atoms with van der Waals surface area (Å²) in [6.07, 6.45) is 7.06. The van der Waals surface area contributed by atoms with Crippen LogP contribution in [-0.4, -0.2) is 45.7 Å². The predicted octanol–water partition coefficient (Wildman–Crippen LogP) is 2.51. The van der Waals surface area contributed by atoms with Crippen LogP contribution in [0.5, 0.6) is 0 Å². The highest BCUT2D eigenvalue weighted by molar-refractivity contribution is 6.08. The van der Waals surface area contributed by atoms with Crippen molar-refractivity contribution in [2.24, 2.45) is 11.8 Å². The number of ether oxygens (including phenoxy) is 1. The smallest absolute Gasteiger partial charge is 0.329 e. The van der Waals surface area contributed by atoms with E-state index in [1.807, 2.05) is 32.1 Å². The number of aromatic nitrogens is 1. The van der Waals surface area contributed by atoms with E-state index in [4.69, 9.17) is 4.74 Å². The standard InChI is InChI=1S/C22H26N2O5/c1-12-10-18(13(2)23(12)15-8-9-15)19(25)11-29-22(28)14(3)24-20(26)16-6-4-5-7-17(16)21(24)27/h4-5,10,14-17H,6-9,11H2,1-3H3/t14-,16-,17-/m0/s1. The largest absolute Gasteiger partial charge is 0.456 e. The van der Waals surface area contributed by atoms with Gasteiger partial charge in [-0.2, -0.15) is 0 Å². The molecule has 7 heteroatoms. The number of carbonyl (C=O) groups excluding carboxylic acids is 4. The molecule has 3 aliphatic rings. The molecule has 0 N–H and O–H groups in total. The Morgan fingerprint density at radius 1 is 1.10 bits per heavy atom. The molecule has 0 radical (unpaired) electrons. The normalized spacial score (nSPS) is 24.6. The van der Waals surface area contributed by atoms with E-state index in [0.717, 1.165) is 29.1 Å². The first-order valence-corrected chi connectivity index (χ1v) is 10.2. The Hall–Kier alpha value is -2.70. The summed E-state index contributed by atoms with van der Waals surface area (Å²) in [5.74, 6) is -2.44. The Morgan fingerprint density at radius 3 is 2.24 bits per heavy atom. The number of amides is 2. The molecule has 0 aromatic carbocycles. The average molecular weight is 398 g/mol. The molecule has 2 aliphatic carbocycles. The molecule has 0 bridgehead atoms. The van der Waals surface area contributed by atoms with Crippen molar-refractivity contribution in [1.82, 2.24) is 9.47 Å². The highest BCUT2D eigenvalue weighted by atomic mass is 16.5. The molecule has 1 aliphatic heterocycles. The number of aryl methyl sites for hydroxylation is 1. The maximum Gasteiger partial charge on any atom is 0.329 e. The quantitative estimate of drug-likeness (QED) is 0.318. The van der Waals surface area contributed by atoms with Crippen molar-refractivity contribution in [3.8, 4) is 0 Å². The summed E-state index contributed by atoms with van der Waals surface area (Å²) in [7, 11) is 0. The fourth-order valence-electron chi connectivity index (χ4n) is 4.60. The van der Waals surface area contributed by atoms with Crippen LogP contribution in [0.4, 0.5) is 0 Å². The van der Waals surface area contributed by atoms with Crippen molar-refractivity contribution >= 4 is 23.6 Å². The molecule has 2 heterocycles. The lowest BCUT2D eigenvalue weighted by Crippen LogP contribution is -2.44. The van der Waals surface area contributed by atoms with E-state index in [9.17, 15) is 19.2 Å². The molecule has 0 spiro atoms. The molecular formula is C22H26N2O5. The Balaban J connectivity index is 1.40. The van der Waals surface area contributed by atoms with Gasteiger partial charge in [-0.05, 0) is 52.5 Å². The lowest BCUT2D eigenvalue weighted by molar-refractivity contribution is -0.157. The molecule has 1 aromatic rings. The summed E-state index contributed by atoms with van der Waals surface area (Å²) in [4.78, 5) is 51.3. The molecule has 0 unspecified atom stereocenters. The molecular weight excluding hydrogens is 372 g/mol. The van der Waals surface area contributed by atoms with Gasteiger partial charge in [0.2, 0.25) is 17.6 Å². The third kappa shape index (κ3) is 3.32. The summed E-state index contributed by atoms with van der Waals surface area (Å²) in [5.41, 5.74) is 2.47. The lowest BCUT2D eigenvalue weighted by atomic mass is 9.85. The fourth-order valence-corrected chi connectivity index (χ4v) is 4.60. The lowest BCUT2D eigenvalue weighted by Gasteiger charge is -2.21. The number of Topliss-reactive ketones (excluding diaryl/α,β-unsaturated/α-hetero) is 1. The van der Waals surface area contributed by atoms with Gasteiger partial charge in [-0.1, -0.05) is 12.2 Å². The van der Waals surface area contributed by atoms with Crippen LogP contribution in [0.2, 0.25) is 0 Å². The average Bonchev–Trinajstić information content (AvgIpc) is 3.45. The second-order valence-corrected chi connectivity index (χ2v) is 8.30. The topological polar surface area (TPSA) is 85.7 Å². The number of fused-ring (bicyclic) bond motifs is 1. The first-order chi connectivity index (χ1) is 13.8. The van der Waals surface area contributed by atoms with Gasteiger partial charge in [0.05, 0.1) is 11.8 Å². The van der Waals surface area contributed by atoms with E-state index in [2.05, 4.69) is 4.57 Å². The zero-order chi connectivity index (χ0) is 20.9. The number of rotatable bonds is 6. The molecule has 1 aromatic heterocycles. The minimum absolute atomic E-state index is 0.275. The maximum atomic E-state index is 12.6. The third-order valence-electron chi connectivity index (χ3n) is 6.31. The van der Waals surface area contributed by atoms with E-state index in [0.29, 0.717) is 24.4 Å². The second-order valence-electron chi connectivity index (χ2n) is 8.30. The SMILES string of the molecule is Cc1cc(C(=O)COC(=O)[C@H](C)N2C(=O)[C@H]3CC=CC[C@@H]3C2=O)c(C)n1C1CC1. The highest BCUT2D eigenvalue weighted by Crippen LogP contribution is 2.38. The second kappa shape index (κ2) is 7.28. The van der Waals surface area contributed by atoms with Gasteiger partial charge in [-0.3, -0.25) is 19.3 Å². The summed E-state index contributed by atoms with van der Waals surface area (Å²) in [6.45, 7) is 4.95. The molecule has 3 atom stereocenters. The molecule has 154 valence electrons. The van der Waals surface area contributed by atoms with Crippen LogP contribution in [0.25, 0.3) is 0 Å². The number of carbonyl (C=O) groups is 4. The van der Waals surface area contributed by atoms with Crippen LogP contribution in [0.3, 0.4) is 0 Å². The van der Waals surface area contributed by atoms with Gasteiger partial charge in [-0.25, -0.2) is 4.79 Å². The van der Waals surface area contributed by atoms with Crippen LogP contribution in [0.15, 0.2) is 18.2 Å². The van der Waals surface area contributed by atoms with Gasteiger partial charge in [0, 0.05) is 23.0 Å².